The van der Waals surface area contributed by atoms with Crippen LogP contribution in [0.1, 0.15) is 0 Å². The molecule has 0 radical (unpaired) electrons. The number of ether oxygens (including phenoxy) is 2. The molecule has 0 atom stereocenters. The van der Waals surface area contributed by atoms with E-state index in [1.165, 1.54) is 80.9 Å². The SMILES string of the molecule is COc1ccc(S(=O)(=O)c2ccc(S(=O)(=O)c3ccc(OC)cc3)c3c[n+]([O-])ccc23)cc1. The summed E-state index contributed by atoms with van der Waals surface area (Å²) in [5.41, 5.74) is 0. The van der Waals surface area contributed by atoms with Gasteiger partial charge in [0, 0.05) is 11.5 Å². The average molecular weight is 486 g/mol. The van der Waals surface area contributed by atoms with Crippen LogP contribution in [0.25, 0.3) is 10.8 Å². The lowest BCUT2D eigenvalue weighted by Gasteiger charge is -2.13. The van der Waals surface area contributed by atoms with Crippen molar-refractivity contribution in [1.29, 1.82) is 0 Å². The lowest BCUT2D eigenvalue weighted by Crippen LogP contribution is -2.24. The van der Waals surface area contributed by atoms with E-state index in [2.05, 4.69) is 0 Å². The van der Waals surface area contributed by atoms with Gasteiger partial charge in [0.05, 0.1) is 39.2 Å². The van der Waals surface area contributed by atoms with Crippen LogP contribution in [-0.2, 0) is 19.7 Å². The van der Waals surface area contributed by atoms with Gasteiger partial charge in [0.2, 0.25) is 19.7 Å². The summed E-state index contributed by atoms with van der Waals surface area (Å²) in [5.74, 6) is 0.976. The number of methoxy groups -OCH3 is 2. The molecular formula is C23H19NO7S2. The number of hydrogen-bond acceptors (Lipinski definition) is 7. The van der Waals surface area contributed by atoms with Crippen molar-refractivity contribution in [3.05, 3.63) is 84.3 Å². The highest BCUT2D eigenvalue weighted by Gasteiger charge is 2.27. The molecule has 0 bridgehead atoms. The first kappa shape index (κ1) is 22.6. The topological polar surface area (TPSA) is 114 Å². The third-order valence-electron chi connectivity index (χ3n) is 5.17. The van der Waals surface area contributed by atoms with Gasteiger partial charge in [0.1, 0.15) is 11.5 Å². The fraction of sp³-hybridized carbons (Fsp3) is 0.0870. The summed E-state index contributed by atoms with van der Waals surface area (Å²) < 4.78 is 64.0. The maximum atomic E-state index is 13.3. The van der Waals surface area contributed by atoms with Crippen molar-refractivity contribution < 1.29 is 31.0 Å². The van der Waals surface area contributed by atoms with Gasteiger partial charge in [-0.3, -0.25) is 0 Å². The normalized spacial score (nSPS) is 11.9. The van der Waals surface area contributed by atoms with E-state index in [9.17, 15) is 22.0 Å². The standard InChI is InChI=1S/C23H19NO7S2/c1-30-16-3-7-18(8-4-16)32(26,27)22-11-12-23(21-15-24(25)14-13-20(21)22)33(28,29)19-9-5-17(31-2)6-10-19/h3-15H,1-2H3. The Balaban J connectivity index is 1.93. The molecule has 4 rings (SSSR count). The van der Waals surface area contributed by atoms with E-state index >= 15 is 0 Å². The van der Waals surface area contributed by atoms with Crippen molar-refractivity contribution in [3.8, 4) is 11.5 Å². The summed E-state index contributed by atoms with van der Waals surface area (Å²) in [7, 11) is -5.15. The van der Waals surface area contributed by atoms with Crippen molar-refractivity contribution in [3.63, 3.8) is 0 Å². The summed E-state index contributed by atoms with van der Waals surface area (Å²) in [6.45, 7) is 0. The van der Waals surface area contributed by atoms with Crippen molar-refractivity contribution in [2.45, 2.75) is 19.6 Å². The Labute approximate surface area is 191 Å². The average Bonchev–Trinajstić information content (AvgIpc) is 2.83. The van der Waals surface area contributed by atoms with E-state index in [0.717, 1.165) is 12.4 Å². The first-order valence-corrected chi connectivity index (χ1v) is 12.6. The predicted molar refractivity (Wildman–Crippen MR) is 120 cm³/mol. The van der Waals surface area contributed by atoms with Gasteiger partial charge in [-0.15, -0.1) is 0 Å². The van der Waals surface area contributed by atoms with E-state index in [-0.39, 0.29) is 30.4 Å². The number of pyridine rings is 1. The largest absolute Gasteiger partial charge is 0.619 e. The van der Waals surface area contributed by atoms with E-state index in [1.54, 1.807) is 0 Å². The zero-order valence-corrected chi connectivity index (χ0v) is 19.3. The van der Waals surface area contributed by atoms with Crippen LogP contribution >= 0.6 is 0 Å². The van der Waals surface area contributed by atoms with Crippen molar-refractivity contribution >= 4 is 30.4 Å². The Morgan fingerprint density at radius 1 is 0.636 bits per heavy atom. The van der Waals surface area contributed by atoms with E-state index in [1.807, 2.05) is 0 Å². The highest BCUT2D eigenvalue weighted by molar-refractivity contribution is 7.92. The number of nitrogens with zero attached hydrogens (tertiary/aromatic N) is 1. The molecule has 4 aromatic rings. The summed E-state index contributed by atoms with van der Waals surface area (Å²) in [5, 5.41) is 12.1. The molecule has 3 aromatic carbocycles. The first-order chi connectivity index (χ1) is 15.7. The second-order valence-corrected chi connectivity index (χ2v) is 10.9. The van der Waals surface area contributed by atoms with Gasteiger partial charge in [0.15, 0.2) is 12.4 Å². The van der Waals surface area contributed by atoms with E-state index in [4.69, 9.17) is 9.47 Å². The fourth-order valence-electron chi connectivity index (χ4n) is 3.45. The number of benzene rings is 3. The van der Waals surface area contributed by atoms with Crippen LogP contribution in [0.2, 0.25) is 0 Å². The minimum atomic E-state index is -4.06. The van der Waals surface area contributed by atoms with Gasteiger partial charge in [-0.1, -0.05) is 0 Å². The maximum Gasteiger partial charge on any atom is 0.207 e. The lowest BCUT2D eigenvalue weighted by molar-refractivity contribution is -0.603. The maximum absolute atomic E-state index is 13.3. The van der Waals surface area contributed by atoms with Crippen LogP contribution in [0, 0.1) is 5.21 Å². The lowest BCUT2D eigenvalue weighted by atomic mass is 10.2. The highest BCUT2D eigenvalue weighted by atomic mass is 32.2. The molecule has 8 nitrogen and oxygen atoms in total. The third-order valence-corrected chi connectivity index (χ3v) is 8.83. The Morgan fingerprint density at radius 2 is 1.06 bits per heavy atom. The molecular weight excluding hydrogens is 466 g/mol. The van der Waals surface area contributed by atoms with Gasteiger partial charge in [-0.25, -0.2) is 16.8 Å². The van der Waals surface area contributed by atoms with E-state index in [0.29, 0.717) is 16.2 Å². The molecule has 170 valence electrons. The molecule has 0 saturated heterocycles. The highest BCUT2D eigenvalue weighted by Crippen LogP contribution is 2.34. The van der Waals surface area contributed by atoms with Gasteiger partial charge in [0.25, 0.3) is 0 Å². The molecule has 1 aromatic heterocycles. The van der Waals surface area contributed by atoms with Crippen LogP contribution in [0.5, 0.6) is 11.5 Å². The van der Waals surface area contributed by atoms with Gasteiger partial charge >= 0.3 is 0 Å². The van der Waals surface area contributed by atoms with Gasteiger partial charge in [-0.05, 0) is 60.7 Å². The van der Waals surface area contributed by atoms with Crippen LogP contribution < -0.4 is 14.2 Å². The van der Waals surface area contributed by atoms with Crippen LogP contribution in [0.3, 0.4) is 0 Å². The number of hydrogen-bond donors (Lipinski definition) is 0. The van der Waals surface area contributed by atoms with Gasteiger partial charge < -0.3 is 14.7 Å². The molecule has 0 aliphatic heterocycles. The minimum absolute atomic E-state index is 0.00194. The van der Waals surface area contributed by atoms with Crippen molar-refractivity contribution in [2.75, 3.05) is 14.2 Å². The van der Waals surface area contributed by atoms with Crippen molar-refractivity contribution in [1.82, 2.24) is 0 Å². The summed E-state index contributed by atoms with van der Waals surface area (Å²) >= 11 is 0. The summed E-state index contributed by atoms with van der Waals surface area (Å²) in [4.78, 5) is -0.302. The molecule has 0 unspecified atom stereocenters. The minimum Gasteiger partial charge on any atom is -0.619 e. The Morgan fingerprint density at radius 3 is 1.48 bits per heavy atom. The molecule has 0 saturated carbocycles. The van der Waals surface area contributed by atoms with E-state index < -0.39 is 19.7 Å². The molecule has 0 amide bonds. The zero-order chi connectivity index (χ0) is 23.8. The molecule has 1 heterocycles. The monoisotopic (exact) mass is 485 g/mol. The second-order valence-electron chi connectivity index (χ2n) is 7.05. The van der Waals surface area contributed by atoms with Crippen LogP contribution in [0.15, 0.2) is 98.7 Å². The first-order valence-electron chi connectivity index (χ1n) is 9.62. The number of aromatic nitrogens is 1. The molecule has 0 spiro atoms. The van der Waals surface area contributed by atoms with Crippen molar-refractivity contribution in [2.24, 2.45) is 0 Å². The predicted octanol–water partition coefficient (Wildman–Crippen LogP) is 3.16. The number of fused-ring (bicyclic) bond motifs is 1. The third kappa shape index (κ3) is 3.98. The zero-order valence-electron chi connectivity index (χ0n) is 17.6. The van der Waals surface area contributed by atoms with Gasteiger partial charge in [-0.2, -0.15) is 4.73 Å². The number of sulfone groups is 2. The number of rotatable bonds is 6. The smallest absolute Gasteiger partial charge is 0.207 e. The second kappa shape index (κ2) is 8.38. The van der Waals surface area contributed by atoms with Crippen LogP contribution in [0.4, 0.5) is 0 Å². The Kier molecular flexibility index (Phi) is 5.73. The Hall–Kier alpha value is -3.63. The molecule has 10 heteroatoms. The fourth-order valence-corrected chi connectivity index (χ4v) is 6.36. The molecule has 33 heavy (non-hydrogen) atoms. The molecule has 0 aliphatic carbocycles. The summed E-state index contributed by atoms with van der Waals surface area (Å²) in [6, 6.07) is 15.4. The molecule has 0 fully saturated rings. The quantitative estimate of drug-likeness (QED) is 0.304. The Bertz CT molecular complexity index is 1550. The summed E-state index contributed by atoms with van der Waals surface area (Å²) in [6.07, 6.45) is 2.18. The molecule has 0 aliphatic rings. The van der Waals surface area contributed by atoms with Crippen LogP contribution in [-0.4, -0.2) is 31.1 Å². The molecule has 0 N–H and O–H groups in total.